The van der Waals surface area contributed by atoms with Crippen molar-refractivity contribution in [2.24, 2.45) is 10.9 Å². The molecule has 11 nitrogen and oxygen atoms in total. The number of carbonyl (C=O) groups excluding carboxylic acids is 1. The highest BCUT2D eigenvalue weighted by Gasteiger charge is 2.29. The van der Waals surface area contributed by atoms with Gasteiger partial charge in [-0.05, 0) is 44.6 Å². The molecule has 0 spiro atoms. The van der Waals surface area contributed by atoms with Gasteiger partial charge in [-0.1, -0.05) is 0 Å². The van der Waals surface area contributed by atoms with Crippen molar-refractivity contribution in [1.29, 1.82) is 0 Å². The monoisotopic (exact) mass is 410 g/mol. The minimum absolute atomic E-state index is 0.108. The Bertz CT molecular complexity index is 1300. The Hall–Kier alpha value is -3.63. The highest BCUT2D eigenvalue weighted by atomic mass is 16.3. The Balaban J connectivity index is 1.55. The number of nitrogens with zero attached hydrogens (tertiary/aromatic N) is 4. The second-order valence-electron chi connectivity index (χ2n) is 7.91. The number of urea groups is 1. The van der Waals surface area contributed by atoms with Gasteiger partial charge in [0.2, 0.25) is 5.88 Å². The van der Waals surface area contributed by atoms with E-state index in [1.807, 2.05) is 6.92 Å². The molecule has 1 atom stereocenters. The minimum atomic E-state index is -0.517. The van der Waals surface area contributed by atoms with Crippen molar-refractivity contribution in [2.75, 3.05) is 5.32 Å². The van der Waals surface area contributed by atoms with E-state index in [4.69, 9.17) is 0 Å². The van der Waals surface area contributed by atoms with Crippen LogP contribution in [0.1, 0.15) is 38.3 Å². The van der Waals surface area contributed by atoms with Crippen LogP contribution in [0.5, 0.6) is 5.88 Å². The van der Waals surface area contributed by atoms with E-state index in [0.29, 0.717) is 28.1 Å². The molecule has 2 fully saturated rings. The van der Waals surface area contributed by atoms with Gasteiger partial charge in [0.05, 0.1) is 12.2 Å². The van der Waals surface area contributed by atoms with Gasteiger partial charge in [0, 0.05) is 17.3 Å². The maximum absolute atomic E-state index is 12.4. The molecule has 2 aliphatic rings. The first kappa shape index (κ1) is 18.4. The number of nitrogens with one attached hydrogen (secondary N) is 4. The first-order chi connectivity index (χ1) is 14.5. The molecule has 0 saturated heterocycles. The predicted molar refractivity (Wildman–Crippen MR) is 108 cm³/mol. The fraction of sp³-hybridized carbons (Fsp3) is 0.421. The van der Waals surface area contributed by atoms with Crippen LogP contribution in [-0.4, -0.2) is 47.8 Å². The van der Waals surface area contributed by atoms with Crippen molar-refractivity contribution in [3.8, 4) is 5.88 Å². The maximum Gasteiger partial charge on any atom is 0.326 e. The number of aromatic amines is 2. The van der Waals surface area contributed by atoms with Crippen molar-refractivity contribution in [3.63, 3.8) is 0 Å². The number of H-pyrrole nitrogens is 2. The van der Waals surface area contributed by atoms with Gasteiger partial charge in [-0.15, -0.1) is 0 Å². The predicted octanol–water partition coefficient (Wildman–Crippen LogP) is -0.0179. The van der Waals surface area contributed by atoms with E-state index in [2.05, 4.69) is 35.7 Å². The van der Waals surface area contributed by atoms with E-state index in [-0.39, 0.29) is 29.7 Å². The van der Waals surface area contributed by atoms with E-state index in [9.17, 15) is 14.7 Å². The fourth-order valence-corrected chi connectivity index (χ4v) is 3.33. The lowest BCUT2D eigenvalue weighted by Crippen LogP contribution is -2.37. The van der Waals surface area contributed by atoms with Crippen LogP contribution in [0.3, 0.4) is 0 Å². The van der Waals surface area contributed by atoms with E-state index in [1.165, 1.54) is 0 Å². The summed E-state index contributed by atoms with van der Waals surface area (Å²) in [6.45, 7) is 2.00. The summed E-state index contributed by atoms with van der Waals surface area (Å²) < 4.78 is 1.59. The number of aromatic nitrogens is 5. The van der Waals surface area contributed by atoms with Crippen molar-refractivity contribution in [1.82, 2.24) is 29.9 Å². The normalized spacial score (nSPS) is 18.7. The van der Waals surface area contributed by atoms with Gasteiger partial charge in [-0.3, -0.25) is 15.3 Å². The number of imidazole rings is 1. The van der Waals surface area contributed by atoms with Gasteiger partial charge >= 0.3 is 11.7 Å². The summed E-state index contributed by atoms with van der Waals surface area (Å²) in [6.07, 6.45) is 7.44. The topological polar surface area (TPSA) is 153 Å². The Morgan fingerprint density at radius 2 is 2.17 bits per heavy atom. The molecule has 30 heavy (non-hydrogen) atoms. The molecule has 2 amide bonds. The lowest BCUT2D eigenvalue weighted by molar-refractivity contribution is 0.248. The minimum Gasteiger partial charge on any atom is -0.493 e. The van der Waals surface area contributed by atoms with Crippen molar-refractivity contribution < 1.29 is 9.90 Å². The molecule has 0 aromatic carbocycles. The van der Waals surface area contributed by atoms with Crippen LogP contribution in [0, 0.1) is 5.92 Å². The number of carbonyl (C=O) groups is 1. The third kappa shape index (κ3) is 3.78. The van der Waals surface area contributed by atoms with Crippen molar-refractivity contribution in [2.45, 2.75) is 44.7 Å². The summed E-state index contributed by atoms with van der Waals surface area (Å²) in [5, 5.41) is 20.5. The van der Waals surface area contributed by atoms with Gasteiger partial charge in [0.25, 0.3) is 0 Å². The number of rotatable bonds is 5. The largest absolute Gasteiger partial charge is 0.493 e. The number of fused-ring (bicyclic) bond motifs is 1. The second-order valence-corrected chi connectivity index (χ2v) is 7.91. The van der Waals surface area contributed by atoms with Crippen LogP contribution in [0.4, 0.5) is 10.6 Å². The lowest BCUT2D eigenvalue weighted by atomic mass is 10.2. The second kappa shape index (κ2) is 7.01. The quantitative estimate of drug-likeness (QED) is 0.400. The zero-order chi connectivity index (χ0) is 20.8. The van der Waals surface area contributed by atoms with E-state index < -0.39 is 5.69 Å². The van der Waals surface area contributed by atoms with Crippen molar-refractivity contribution in [3.05, 3.63) is 39.1 Å². The zero-order valence-electron chi connectivity index (χ0n) is 16.3. The average molecular weight is 410 g/mol. The zero-order valence-corrected chi connectivity index (χ0v) is 16.3. The Morgan fingerprint density at radius 1 is 1.37 bits per heavy atom. The molecule has 0 radical (unpaired) electrons. The molecule has 5 rings (SSSR count). The first-order valence-electron chi connectivity index (χ1n) is 9.99. The summed E-state index contributed by atoms with van der Waals surface area (Å²) in [5.41, 5.74) is 0.728. The molecule has 3 aromatic heterocycles. The molecule has 11 heteroatoms. The molecule has 0 aliphatic heterocycles. The molecule has 2 aliphatic carbocycles. The summed E-state index contributed by atoms with van der Waals surface area (Å²) in [6, 6.07) is 1.73. The summed E-state index contributed by atoms with van der Waals surface area (Å²) >= 11 is 0. The van der Waals surface area contributed by atoms with Crippen LogP contribution in [0.25, 0.3) is 11.7 Å². The summed E-state index contributed by atoms with van der Waals surface area (Å²) in [4.78, 5) is 37.8. The highest BCUT2D eigenvalue weighted by molar-refractivity contribution is 5.88. The van der Waals surface area contributed by atoms with Crippen LogP contribution in [0.2, 0.25) is 0 Å². The number of hydrogen-bond donors (Lipinski definition) is 5. The van der Waals surface area contributed by atoms with E-state index >= 15 is 0 Å². The molecule has 5 N–H and O–H groups in total. The van der Waals surface area contributed by atoms with Gasteiger partial charge < -0.3 is 15.4 Å². The Kier molecular flexibility index (Phi) is 4.30. The third-order valence-electron chi connectivity index (χ3n) is 5.31. The highest BCUT2D eigenvalue weighted by Crippen LogP contribution is 2.32. The average Bonchev–Trinajstić information content (AvgIpc) is 3.60. The van der Waals surface area contributed by atoms with Gasteiger partial charge in [-0.2, -0.15) is 9.61 Å². The number of aromatic hydroxyl groups is 1. The van der Waals surface area contributed by atoms with E-state index in [0.717, 1.165) is 25.7 Å². The van der Waals surface area contributed by atoms with Crippen LogP contribution in [-0.2, 0) is 0 Å². The fourth-order valence-electron chi connectivity index (χ4n) is 3.33. The molecule has 0 bridgehead atoms. The van der Waals surface area contributed by atoms with Gasteiger partial charge in [0.15, 0.2) is 11.1 Å². The number of anilines is 1. The van der Waals surface area contributed by atoms with Crippen LogP contribution < -0.4 is 27.0 Å². The van der Waals surface area contributed by atoms with Crippen LogP contribution >= 0.6 is 0 Å². The Labute approximate surface area is 170 Å². The van der Waals surface area contributed by atoms with Gasteiger partial charge in [-0.25, -0.2) is 14.6 Å². The maximum atomic E-state index is 12.4. The number of hydrogen-bond acceptors (Lipinski definition) is 6. The summed E-state index contributed by atoms with van der Waals surface area (Å²) in [7, 11) is 0. The molecule has 156 valence electrons. The van der Waals surface area contributed by atoms with Crippen molar-refractivity contribution >= 4 is 23.6 Å². The first-order valence-corrected chi connectivity index (χ1v) is 9.99. The summed E-state index contributed by atoms with van der Waals surface area (Å²) in [5.74, 6) is 0.619. The van der Waals surface area contributed by atoms with Crippen LogP contribution in [0.15, 0.2) is 22.1 Å². The third-order valence-corrected chi connectivity index (χ3v) is 5.31. The molecular formula is C19H22N8O3. The smallest absolute Gasteiger partial charge is 0.326 e. The number of amides is 2. The molecular weight excluding hydrogens is 388 g/mol. The lowest BCUT2D eigenvalue weighted by Gasteiger charge is -2.13. The molecule has 3 aromatic rings. The standard InChI is InChI=1S/C19H22N8O3/c1-9(10-2-3-10)21-18(29)25-14-7-15(22-12-4-5-12)27-16(24-14)11(8-20-27)6-13-17(28)26-19(30)23-13/h6-10,12,28H,2-5H2,1H3,(H2,21,25,29)(H2,23,26,30)/b11-6-,22-15?/t9-/m1/s1. The molecule has 0 unspecified atom stereocenters. The molecule has 3 heterocycles. The Morgan fingerprint density at radius 3 is 2.83 bits per heavy atom. The van der Waals surface area contributed by atoms with Gasteiger partial charge in [0.1, 0.15) is 11.5 Å². The van der Waals surface area contributed by atoms with E-state index in [1.54, 1.807) is 22.9 Å². The SMILES string of the molecule is C[C@@H](NC(=O)Nc1cc(=NC2CC2)n2nc/c(=C/c3[nH]c(=O)[nH]c3O)c2n1)C1CC1. The molecule has 2 saturated carbocycles.